The number of halogens is 1. The fourth-order valence-corrected chi connectivity index (χ4v) is 5.45. The van der Waals surface area contributed by atoms with Gasteiger partial charge in [0.25, 0.3) is 11.8 Å². The minimum Gasteiger partial charge on any atom is -0.484 e. The average molecular weight is 462 g/mol. The number of amides is 4. The number of hydrogen-bond acceptors (Lipinski definition) is 4. The van der Waals surface area contributed by atoms with E-state index in [9.17, 15) is 14.4 Å². The summed E-state index contributed by atoms with van der Waals surface area (Å²) >= 11 is 5.89. The molecule has 3 atom stereocenters. The molecule has 0 N–H and O–H groups in total. The zero-order valence-electron chi connectivity index (χ0n) is 17.6. The van der Waals surface area contributed by atoms with Crippen LogP contribution in [0.1, 0.15) is 6.42 Å². The Morgan fingerprint density at radius 2 is 1.76 bits per heavy atom. The molecular weight excluding hydrogens is 442 g/mol. The highest BCUT2D eigenvalue weighted by Gasteiger charge is 2.62. The number of ether oxygens (including phenoxy) is 1. The standard InChI is InChI=1S/C25H20ClN3O4/c26-16-8-10-18(11-9-16)33-14-22(30)27-13-17-12-21(27)23-24(31)29(25(32)28(17)23)20-7-3-5-15-4-1-2-6-19(15)20/h1-11,17,21,23H,12-14H2/t17-,21-,23-/m0/s1. The van der Waals surface area contributed by atoms with Gasteiger partial charge >= 0.3 is 6.03 Å². The molecule has 3 saturated heterocycles. The monoisotopic (exact) mass is 461 g/mol. The molecule has 166 valence electrons. The van der Waals surface area contributed by atoms with Gasteiger partial charge in [-0.2, -0.15) is 0 Å². The van der Waals surface area contributed by atoms with Crippen molar-refractivity contribution in [3.8, 4) is 5.75 Å². The van der Waals surface area contributed by atoms with Crippen molar-refractivity contribution in [3.63, 3.8) is 0 Å². The Hall–Kier alpha value is -3.58. The first kappa shape index (κ1) is 20.1. The Balaban J connectivity index is 1.23. The lowest BCUT2D eigenvalue weighted by Crippen LogP contribution is -2.55. The molecule has 0 aliphatic carbocycles. The van der Waals surface area contributed by atoms with Gasteiger partial charge in [0.05, 0.1) is 17.8 Å². The fourth-order valence-electron chi connectivity index (χ4n) is 5.33. The summed E-state index contributed by atoms with van der Waals surface area (Å²) in [6, 6.07) is 18.6. The highest BCUT2D eigenvalue weighted by Crippen LogP contribution is 2.43. The summed E-state index contributed by atoms with van der Waals surface area (Å²) in [4.78, 5) is 44.4. The van der Waals surface area contributed by atoms with Crippen molar-refractivity contribution in [3.05, 3.63) is 71.8 Å². The third-order valence-electron chi connectivity index (χ3n) is 6.77. The number of fused-ring (bicyclic) bond motifs is 6. The molecule has 3 aromatic carbocycles. The highest BCUT2D eigenvalue weighted by atomic mass is 35.5. The molecule has 3 heterocycles. The average Bonchev–Trinajstić information content (AvgIpc) is 3.49. The lowest BCUT2D eigenvalue weighted by Gasteiger charge is -2.34. The van der Waals surface area contributed by atoms with Crippen LogP contribution < -0.4 is 9.64 Å². The summed E-state index contributed by atoms with van der Waals surface area (Å²) in [7, 11) is 0. The molecule has 6 rings (SSSR count). The second kappa shape index (κ2) is 7.49. The van der Waals surface area contributed by atoms with E-state index in [2.05, 4.69) is 0 Å². The van der Waals surface area contributed by atoms with E-state index in [-0.39, 0.29) is 36.5 Å². The first-order valence-corrected chi connectivity index (χ1v) is 11.2. The van der Waals surface area contributed by atoms with Gasteiger partial charge in [0.2, 0.25) is 0 Å². The van der Waals surface area contributed by atoms with Crippen LogP contribution >= 0.6 is 11.6 Å². The zero-order chi connectivity index (χ0) is 22.7. The van der Waals surface area contributed by atoms with Crippen molar-refractivity contribution < 1.29 is 19.1 Å². The second-order valence-electron chi connectivity index (χ2n) is 8.55. The fraction of sp³-hybridized carbons (Fsp3) is 0.240. The third kappa shape index (κ3) is 3.07. The van der Waals surface area contributed by atoms with Gasteiger partial charge in [-0.05, 0) is 42.1 Å². The normalized spacial score (nSPS) is 23.5. The summed E-state index contributed by atoms with van der Waals surface area (Å²) in [6.45, 7) is 0.277. The molecule has 33 heavy (non-hydrogen) atoms. The van der Waals surface area contributed by atoms with Crippen LogP contribution in [0.3, 0.4) is 0 Å². The van der Waals surface area contributed by atoms with E-state index in [1.54, 1.807) is 40.1 Å². The quantitative estimate of drug-likeness (QED) is 0.556. The lowest BCUT2D eigenvalue weighted by molar-refractivity contribution is -0.137. The number of carbonyl (C=O) groups excluding carboxylic acids is 3. The topological polar surface area (TPSA) is 70.2 Å². The van der Waals surface area contributed by atoms with E-state index in [0.717, 1.165) is 10.8 Å². The molecule has 3 fully saturated rings. The van der Waals surface area contributed by atoms with Crippen LogP contribution in [0.2, 0.25) is 5.02 Å². The molecule has 3 aromatic rings. The van der Waals surface area contributed by atoms with E-state index < -0.39 is 6.04 Å². The van der Waals surface area contributed by atoms with Crippen molar-refractivity contribution in [2.24, 2.45) is 0 Å². The number of rotatable bonds is 4. The first-order valence-electron chi connectivity index (χ1n) is 10.8. The molecule has 0 spiro atoms. The number of urea groups is 1. The van der Waals surface area contributed by atoms with Crippen molar-refractivity contribution in [1.82, 2.24) is 9.80 Å². The molecule has 2 bridgehead atoms. The van der Waals surface area contributed by atoms with Crippen LogP contribution in [-0.4, -0.2) is 58.9 Å². The molecule has 3 aliphatic rings. The highest BCUT2D eigenvalue weighted by molar-refractivity contribution is 6.30. The minimum atomic E-state index is -0.658. The first-order chi connectivity index (χ1) is 16.0. The molecule has 0 saturated carbocycles. The van der Waals surface area contributed by atoms with Gasteiger partial charge in [0, 0.05) is 17.0 Å². The van der Waals surface area contributed by atoms with Gasteiger partial charge in [0.1, 0.15) is 11.8 Å². The van der Waals surface area contributed by atoms with Gasteiger partial charge in [-0.1, -0.05) is 48.0 Å². The van der Waals surface area contributed by atoms with Crippen LogP contribution in [-0.2, 0) is 9.59 Å². The predicted octanol–water partition coefficient (Wildman–Crippen LogP) is 3.69. The van der Waals surface area contributed by atoms with Gasteiger partial charge in [-0.25, -0.2) is 9.69 Å². The number of hydrogen-bond donors (Lipinski definition) is 0. The minimum absolute atomic E-state index is 0.132. The van der Waals surface area contributed by atoms with E-state index >= 15 is 0 Å². The van der Waals surface area contributed by atoms with Gasteiger partial charge in [0.15, 0.2) is 6.61 Å². The number of nitrogens with zero attached hydrogens (tertiary/aromatic N) is 3. The Bertz CT molecular complexity index is 1290. The maximum absolute atomic E-state index is 13.5. The Morgan fingerprint density at radius 1 is 1.00 bits per heavy atom. The SMILES string of the molecule is O=C1[C@@H]2[C@@H]3C[C@@H](CN3C(=O)COc3ccc(Cl)cc3)N2C(=O)N1c1cccc2ccccc12. The van der Waals surface area contributed by atoms with Crippen LogP contribution in [0.4, 0.5) is 10.5 Å². The Kier molecular flexibility index (Phi) is 4.55. The molecule has 7 nitrogen and oxygen atoms in total. The number of imide groups is 1. The van der Waals surface area contributed by atoms with Crippen molar-refractivity contribution in [2.45, 2.75) is 24.5 Å². The predicted molar refractivity (Wildman–Crippen MR) is 123 cm³/mol. The Labute approximate surface area is 195 Å². The number of anilines is 1. The van der Waals surface area contributed by atoms with Crippen LogP contribution in [0.15, 0.2) is 66.7 Å². The molecule has 4 amide bonds. The van der Waals surface area contributed by atoms with Crippen molar-refractivity contribution in [1.29, 1.82) is 0 Å². The summed E-state index contributed by atoms with van der Waals surface area (Å²) < 4.78 is 5.62. The van der Waals surface area contributed by atoms with E-state index in [1.807, 2.05) is 36.4 Å². The molecule has 0 radical (unpaired) electrons. The summed E-state index contributed by atoms with van der Waals surface area (Å²) in [5, 5.41) is 2.40. The van der Waals surface area contributed by atoms with E-state index in [0.29, 0.717) is 29.4 Å². The number of carbonyl (C=O) groups is 3. The smallest absolute Gasteiger partial charge is 0.332 e. The lowest BCUT2D eigenvalue weighted by atomic mass is 10.1. The van der Waals surface area contributed by atoms with E-state index in [4.69, 9.17) is 16.3 Å². The van der Waals surface area contributed by atoms with E-state index in [1.165, 1.54) is 4.90 Å². The largest absolute Gasteiger partial charge is 0.484 e. The molecular formula is C25H20ClN3O4. The maximum Gasteiger partial charge on any atom is 0.332 e. The van der Waals surface area contributed by atoms with Gasteiger partial charge in [-0.15, -0.1) is 0 Å². The second-order valence-corrected chi connectivity index (χ2v) is 8.99. The number of likely N-dealkylation sites (tertiary alicyclic amines) is 1. The third-order valence-corrected chi connectivity index (χ3v) is 7.02. The number of piperazine rings is 1. The summed E-state index contributed by atoms with van der Waals surface area (Å²) in [5.41, 5.74) is 0.584. The number of benzene rings is 3. The van der Waals surface area contributed by atoms with Crippen LogP contribution in [0.25, 0.3) is 10.8 Å². The molecule has 8 heteroatoms. The zero-order valence-corrected chi connectivity index (χ0v) is 18.3. The van der Waals surface area contributed by atoms with Gasteiger partial charge in [-0.3, -0.25) is 9.59 Å². The molecule has 0 aromatic heterocycles. The van der Waals surface area contributed by atoms with Crippen LogP contribution in [0, 0.1) is 0 Å². The van der Waals surface area contributed by atoms with Gasteiger partial charge < -0.3 is 14.5 Å². The van der Waals surface area contributed by atoms with Crippen molar-refractivity contribution >= 4 is 45.9 Å². The Morgan fingerprint density at radius 3 is 2.58 bits per heavy atom. The van der Waals surface area contributed by atoms with Crippen molar-refractivity contribution in [2.75, 3.05) is 18.1 Å². The summed E-state index contributed by atoms with van der Waals surface area (Å²) in [5.74, 6) is 0.0777. The van der Waals surface area contributed by atoms with Crippen LogP contribution in [0.5, 0.6) is 5.75 Å². The molecule has 3 aliphatic heterocycles. The maximum atomic E-state index is 13.5. The summed E-state index contributed by atoms with van der Waals surface area (Å²) in [6.07, 6.45) is 0.609. The molecule has 0 unspecified atom stereocenters.